The second-order valence-electron chi connectivity index (χ2n) is 6.30. The molecule has 0 aromatic heterocycles. The Hall–Kier alpha value is -2.22. The molecule has 0 spiro atoms. The van der Waals surface area contributed by atoms with Crippen LogP contribution in [-0.4, -0.2) is 48.9 Å². The van der Waals surface area contributed by atoms with Gasteiger partial charge in [0, 0.05) is 25.2 Å². The van der Waals surface area contributed by atoms with E-state index in [9.17, 15) is 17.6 Å². The van der Waals surface area contributed by atoms with Gasteiger partial charge < -0.3 is 4.90 Å². The van der Waals surface area contributed by atoms with Gasteiger partial charge in [0.1, 0.15) is 11.5 Å². The zero-order valence-electron chi connectivity index (χ0n) is 14.1. The molecular weight excluding hydrogens is 345 g/mol. The average molecular weight is 365 g/mol. The first-order chi connectivity index (χ1) is 11.8. The quantitative estimate of drug-likeness (QED) is 0.806. The molecule has 6 nitrogen and oxygen atoms in total. The molecule has 134 valence electrons. The van der Waals surface area contributed by atoms with E-state index >= 15 is 0 Å². The number of rotatable bonds is 2. The minimum atomic E-state index is -4.01. The number of halogens is 1. The minimum absolute atomic E-state index is 0.0584. The van der Waals surface area contributed by atoms with Crippen molar-refractivity contribution in [2.45, 2.75) is 32.2 Å². The van der Waals surface area contributed by atoms with Gasteiger partial charge in [0.25, 0.3) is 5.91 Å². The molecule has 25 heavy (non-hydrogen) atoms. The highest BCUT2D eigenvalue weighted by atomic mass is 32.2. The predicted molar refractivity (Wildman–Crippen MR) is 92.7 cm³/mol. The summed E-state index contributed by atoms with van der Waals surface area (Å²) in [5, 5.41) is 0. The fourth-order valence-electron chi connectivity index (χ4n) is 3.06. The van der Waals surface area contributed by atoms with Gasteiger partial charge in [-0.2, -0.15) is 8.42 Å². The van der Waals surface area contributed by atoms with Gasteiger partial charge in [-0.25, -0.2) is 8.70 Å². The van der Waals surface area contributed by atoms with E-state index in [0.717, 1.165) is 23.6 Å². The smallest absolute Gasteiger partial charge is 0.335 e. The van der Waals surface area contributed by atoms with Crippen LogP contribution < -0.4 is 0 Å². The maximum Gasteiger partial charge on any atom is 0.345 e. The van der Waals surface area contributed by atoms with Crippen molar-refractivity contribution in [1.29, 1.82) is 0 Å². The molecule has 0 saturated carbocycles. The van der Waals surface area contributed by atoms with Crippen molar-refractivity contribution in [2.24, 2.45) is 4.40 Å². The molecule has 1 aromatic carbocycles. The molecule has 0 bridgehead atoms. The summed E-state index contributed by atoms with van der Waals surface area (Å²) in [5.41, 5.74) is 0.629. The fourth-order valence-corrected chi connectivity index (χ4v) is 3.97. The van der Waals surface area contributed by atoms with Crippen molar-refractivity contribution >= 4 is 21.8 Å². The van der Waals surface area contributed by atoms with E-state index < -0.39 is 16.0 Å². The molecule has 2 aliphatic heterocycles. The number of amides is 1. The van der Waals surface area contributed by atoms with Gasteiger partial charge in [-0.3, -0.25) is 4.79 Å². The van der Waals surface area contributed by atoms with Crippen LogP contribution in [0.15, 0.2) is 40.4 Å². The molecule has 1 atom stereocenters. The largest absolute Gasteiger partial charge is 0.345 e. The summed E-state index contributed by atoms with van der Waals surface area (Å²) in [6.07, 6.45) is 4.31. The summed E-state index contributed by atoms with van der Waals surface area (Å²) in [6.45, 7) is 2.57. The molecule has 1 fully saturated rings. The summed E-state index contributed by atoms with van der Waals surface area (Å²) < 4.78 is 42.5. The van der Waals surface area contributed by atoms with Crippen LogP contribution in [-0.2, 0) is 15.0 Å². The Labute approximate surface area is 146 Å². The van der Waals surface area contributed by atoms with Crippen molar-refractivity contribution in [3.63, 3.8) is 0 Å². The van der Waals surface area contributed by atoms with Gasteiger partial charge in [0.2, 0.25) is 0 Å². The zero-order chi connectivity index (χ0) is 18.2. The first kappa shape index (κ1) is 17.6. The number of nitrogens with zero attached hydrogens (tertiary/aromatic N) is 3. The van der Waals surface area contributed by atoms with Crippen molar-refractivity contribution in [1.82, 2.24) is 9.21 Å². The number of likely N-dealkylation sites (tertiary alicyclic amines) is 1. The first-order valence-corrected chi connectivity index (χ1v) is 9.57. The minimum Gasteiger partial charge on any atom is -0.335 e. The van der Waals surface area contributed by atoms with Gasteiger partial charge in [0.15, 0.2) is 0 Å². The maximum absolute atomic E-state index is 13.1. The van der Waals surface area contributed by atoms with Crippen molar-refractivity contribution in [3.05, 3.63) is 47.4 Å². The van der Waals surface area contributed by atoms with Crippen molar-refractivity contribution in [3.8, 4) is 0 Å². The van der Waals surface area contributed by atoms with E-state index in [-0.39, 0.29) is 23.4 Å². The van der Waals surface area contributed by atoms with E-state index in [4.69, 9.17) is 0 Å². The van der Waals surface area contributed by atoms with E-state index in [0.29, 0.717) is 12.1 Å². The Balaban J connectivity index is 2.00. The lowest BCUT2D eigenvalue weighted by molar-refractivity contribution is -0.131. The highest BCUT2D eigenvalue weighted by Gasteiger charge is 2.34. The highest BCUT2D eigenvalue weighted by molar-refractivity contribution is 7.88. The predicted octanol–water partition coefficient (Wildman–Crippen LogP) is 2.09. The molecule has 0 radical (unpaired) electrons. The van der Waals surface area contributed by atoms with Gasteiger partial charge in [-0.05, 0) is 56.5 Å². The molecule has 1 amide bonds. The number of hydrogen-bond acceptors (Lipinski definition) is 3. The number of carbonyl (C=O) groups is 1. The van der Waals surface area contributed by atoms with Gasteiger partial charge in [0.05, 0.1) is 5.71 Å². The lowest BCUT2D eigenvalue weighted by Gasteiger charge is -2.36. The summed E-state index contributed by atoms with van der Waals surface area (Å²) in [6, 6.07) is 5.40. The Morgan fingerprint density at radius 1 is 1.24 bits per heavy atom. The molecular formula is C17H20FN3O3S. The van der Waals surface area contributed by atoms with Crippen LogP contribution in [0.3, 0.4) is 0 Å². The van der Waals surface area contributed by atoms with Crippen LogP contribution in [0.5, 0.6) is 0 Å². The van der Waals surface area contributed by atoms with E-state index in [2.05, 4.69) is 4.40 Å². The van der Waals surface area contributed by atoms with Crippen LogP contribution >= 0.6 is 0 Å². The van der Waals surface area contributed by atoms with Gasteiger partial charge in [-0.15, -0.1) is 4.40 Å². The Morgan fingerprint density at radius 2 is 1.92 bits per heavy atom. The molecule has 8 heteroatoms. The summed E-state index contributed by atoms with van der Waals surface area (Å²) in [5.74, 6) is -0.754. The monoisotopic (exact) mass is 365 g/mol. The second kappa shape index (κ2) is 6.59. The molecule has 0 unspecified atom stereocenters. The number of carbonyl (C=O) groups excluding carboxylic acids is 1. The van der Waals surface area contributed by atoms with Gasteiger partial charge >= 0.3 is 10.2 Å². The Morgan fingerprint density at radius 3 is 2.56 bits per heavy atom. The van der Waals surface area contributed by atoms with E-state index in [1.807, 2.05) is 6.92 Å². The van der Waals surface area contributed by atoms with E-state index in [1.165, 1.54) is 37.4 Å². The first-order valence-electron chi connectivity index (χ1n) is 8.17. The third kappa shape index (κ3) is 3.44. The normalized spacial score (nSPS) is 23.1. The second-order valence-corrected chi connectivity index (χ2v) is 7.93. The van der Waals surface area contributed by atoms with Crippen LogP contribution in [0.2, 0.25) is 0 Å². The molecule has 3 rings (SSSR count). The summed E-state index contributed by atoms with van der Waals surface area (Å²) in [7, 11) is -2.69. The lowest BCUT2D eigenvalue weighted by atomic mass is 10.0. The van der Waals surface area contributed by atoms with Crippen molar-refractivity contribution in [2.75, 3.05) is 13.6 Å². The lowest BCUT2D eigenvalue weighted by Crippen LogP contribution is -2.46. The molecule has 0 N–H and O–H groups in total. The molecule has 2 heterocycles. The fraction of sp³-hybridized carbons (Fsp3) is 0.412. The van der Waals surface area contributed by atoms with Crippen LogP contribution in [0, 0.1) is 5.82 Å². The highest BCUT2D eigenvalue weighted by Crippen LogP contribution is 2.25. The van der Waals surface area contributed by atoms with Crippen LogP contribution in [0.1, 0.15) is 31.7 Å². The number of piperidine rings is 1. The molecule has 0 aliphatic carbocycles. The zero-order valence-corrected chi connectivity index (χ0v) is 15.0. The average Bonchev–Trinajstić information content (AvgIpc) is 2.57. The third-order valence-electron chi connectivity index (χ3n) is 4.60. The number of hydrogen-bond donors (Lipinski definition) is 0. The standard InChI is InChI=1S/C17H20FN3O3S/c1-12-5-3-4-10-21(12)17(22)16-11-15(19-25(23,24)20(16)2)13-6-8-14(18)9-7-13/h6-9,11-12H,3-5,10H2,1-2H3/t12-/m1/s1. The Kier molecular flexibility index (Phi) is 4.64. The van der Waals surface area contributed by atoms with Crippen molar-refractivity contribution < 1.29 is 17.6 Å². The molecule has 1 aromatic rings. The number of allylic oxidation sites excluding steroid dienone is 1. The van der Waals surface area contributed by atoms with Crippen LogP contribution in [0.4, 0.5) is 4.39 Å². The summed E-state index contributed by atoms with van der Waals surface area (Å²) in [4.78, 5) is 14.6. The third-order valence-corrected chi connectivity index (χ3v) is 5.91. The van der Waals surface area contributed by atoms with E-state index in [1.54, 1.807) is 4.90 Å². The maximum atomic E-state index is 13.1. The SMILES string of the molecule is C[C@@H]1CCCCN1C(=O)C1=CC(c2ccc(F)cc2)=NS(=O)(=O)N1C. The number of benzene rings is 1. The molecule has 2 aliphatic rings. The Bertz CT molecular complexity index is 846. The van der Waals surface area contributed by atoms with Gasteiger partial charge in [-0.1, -0.05) is 0 Å². The molecule has 1 saturated heterocycles. The summed E-state index contributed by atoms with van der Waals surface area (Å²) >= 11 is 0. The number of likely N-dealkylation sites (N-methyl/N-ethyl adjacent to an activating group) is 1. The van der Waals surface area contributed by atoms with Crippen LogP contribution in [0.25, 0.3) is 0 Å². The topological polar surface area (TPSA) is 70.0 Å².